The number of benzene rings is 1. The molecule has 23 heavy (non-hydrogen) atoms. The zero-order valence-electron chi connectivity index (χ0n) is 13.4. The molecule has 0 aliphatic carbocycles. The molecular formula is C16H22BrN3O3. The van der Waals surface area contributed by atoms with Crippen LogP contribution in [0.3, 0.4) is 0 Å². The number of likely N-dealkylation sites (tertiary alicyclic amines) is 1. The van der Waals surface area contributed by atoms with E-state index in [2.05, 4.69) is 21.4 Å². The van der Waals surface area contributed by atoms with Gasteiger partial charge in [-0.3, -0.25) is 15.0 Å². The maximum Gasteiger partial charge on any atom is 0.260 e. The summed E-state index contributed by atoms with van der Waals surface area (Å²) in [6.07, 6.45) is 1.54. The Hall–Kier alpha value is -1.60. The molecular weight excluding hydrogens is 362 g/mol. The summed E-state index contributed by atoms with van der Waals surface area (Å²) >= 11 is 3.44. The summed E-state index contributed by atoms with van der Waals surface area (Å²) in [6, 6.07) is 3.91. The van der Waals surface area contributed by atoms with Crippen LogP contribution in [0.25, 0.3) is 0 Å². The molecule has 3 N–H and O–H groups in total. The van der Waals surface area contributed by atoms with E-state index in [-0.39, 0.29) is 24.3 Å². The summed E-state index contributed by atoms with van der Waals surface area (Å²) in [5.41, 5.74) is 4.11. The first-order valence-corrected chi connectivity index (χ1v) is 8.39. The summed E-state index contributed by atoms with van der Waals surface area (Å²) in [4.78, 5) is 25.6. The molecule has 0 spiro atoms. The van der Waals surface area contributed by atoms with Gasteiger partial charge in [0.2, 0.25) is 5.91 Å². The van der Waals surface area contributed by atoms with Gasteiger partial charge < -0.3 is 9.64 Å². The summed E-state index contributed by atoms with van der Waals surface area (Å²) in [6.45, 7) is 4.90. The molecule has 0 aromatic heterocycles. The fraction of sp³-hybridized carbons (Fsp3) is 0.500. The number of nitrogens with zero attached hydrogens (tertiary/aromatic N) is 1. The highest BCUT2D eigenvalue weighted by Gasteiger charge is 2.28. The molecule has 6 nitrogen and oxygen atoms in total. The average Bonchev–Trinajstić information content (AvgIpc) is 2.53. The number of hydrogen-bond acceptors (Lipinski definition) is 4. The molecule has 1 fully saturated rings. The van der Waals surface area contributed by atoms with E-state index in [1.54, 1.807) is 4.90 Å². The second kappa shape index (κ2) is 7.79. The van der Waals surface area contributed by atoms with Gasteiger partial charge in [-0.2, -0.15) is 0 Å². The van der Waals surface area contributed by atoms with Crippen molar-refractivity contribution in [1.82, 2.24) is 10.3 Å². The molecule has 0 bridgehead atoms. The third-order valence-electron chi connectivity index (χ3n) is 4.05. The number of carbonyl (C=O) groups excluding carboxylic acids is 2. The van der Waals surface area contributed by atoms with Gasteiger partial charge in [0.05, 0.1) is 5.92 Å². The normalized spacial score (nSPS) is 17.7. The number of carbonyl (C=O) groups is 2. The third-order valence-corrected chi connectivity index (χ3v) is 4.51. The van der Waals surface area contributed by atoms with Gasteiger partial charge in [-0.25, -0.2) is 5.84 Å². The quantitative estimate of drug-likeness (QED) is 0.470. The van der Waals surface area contributed by atoms with Crippen molar-refractivity contribution in [2.45, 2.75) is 26.7 Å². The lowest BCUT2D eigenvalue weighted by Gasteiger charge is -2.31. The zero-order chi connectivity index (χ0) is 17.0. The van der Waals surface area contributed by atoms with Crippen LogP contribution in [0.5, 0.6) is 5.75 Å². The van der Waals surface area contributed by atoms with Gasteiger partial charge in [0.25, 0.3) is 5.91 Å². The van der Waals surface area contributed by atoms with Gasteiger partial charge in [-0.05, 0) is 49.9 Å². The Morgan fingerprint density at radius 3 is 2.65 bits per heavy atom. The van der Waals surface area contributed by atoms with E-state index in [0.717, 1.165) is 34.2 Å². The summed E-state index contributed by atoms with van der Waals surface area (Å²) < 4.78 is 6.71. The fourth-order valence-electron chi connectivity index (χ4n) is 2.89. The molecule has 1 unspecified atom stereocenters. The number of rotatable bonds is 4. The molecule has 0 saturated carbocycles. The van der Waals surface area contributed by atoms with E-state index < -0.39 is 0 Å². The Kier molecular flexibility index (Phi) is 6.01. The van der Waals surface area contributed by atoms with Crippen LogP contribution in [0.4, 0.5) is 0 Å². The molecule has 2 amide bonds. The van der Waals surface area contributed by atoms with Crippen molar-refractivity contribution in [1.29, 1.82) is 0 Å². The number of hydrazine groups is 1. The number of hydrogen-bond donors (Lipinski definition) is 2. The summed E-state index contributed by atoms with van der Waals surface area (Å²) in [5, 5.41) is 0. The van der Waals surface area contributed by atoms with Crippen LogP contribution in [0, 0.1) is 19.8 Å². The predicted molar refractivity (Wildman–Crippen MR) is 90.7 cm³/mol. The maximum absolute atomic E-state index is 12.3. The highest BCUT2D eigenvalue weighted by molar-refractivity contribution is 9.10. The van der Waals surface area contributed by atoms with Gasteiger partial charge >= 0.3 is 0 Å². The lowest BCUT2D eigenvalue weighted by atomic mass is 9.97. The van der Waals surface area contributed by atoms with Crippen molar-refractivity contribution in [2.24, 2.45) is 11.8 Å². The SMILES string of the molecule is Cc1cc(Br)cc(C)c1OCC(=O)N1CCCC(C(=O)NN)C1. The standard InChI is InChI=1S/C16H22BrN3O3/c1-10-6-13(17)7-11(2)15(10)23-9-14(21)20-5-3-4-12(8-20)16(22)19-18/h6-7,12H,3-5,8-9,18H2,1-2H3,(H,19,22). The van der Waals surface area contributed by atoms with E-state index in [4.69, 9.17) is 10.6 Å². The van der Waals surface area contributed by atoms with Crippen molar-refractivity contribution in [3.63, 3.8) is 0 Å². The number of nitrogens with one attached hydrogen (secondary N) is 1. The molecule has 126 valence electrons. The summed E-state index contributed by atoms with van der Waals surface area (Å²) in [5.74, 6) is 5.33. The number of ether oxygens (including phenoxy) is 1. The number of aryl methyl sites for hydroxylation is 2. The molecule has 1 aliphatic rings. The van der Waals surface area contributed by atoms with Crippen molar-refractivity contribution in [3.8, 4) is 5.75 Å². The highest BCUT2D eigenvalue weighted by Crippen LogP contribution is 2.27. The van der Waals surface area contributed by atoms with Crippen LogP contribution < -0.4 is 16.0 Å². The van der Waals surface area contributed by atoms with Crippen LogP contribution in [-0.2, 0) is 9.59 Å². The van der Waals surface area contributed by atoms with Crippen molar-refractivity contribution < 1.29 is 14.3 Å². The van der Waals surface area contributed by atoms with Gasteiger partial charge in [0.1, 0.15) is 5.75 Å². The van der Waals surface area contributed by atoms with Gasteiger partial charge in [-0.15, -0.1) is 0 Å². The average molecular weight is 384 g/mol. The zero-order valence-corrected chi connectivity index (χ0v) is 15.0. The molecule has 1 aromatic rings. The van der Waals surface area contributed by atoms with Gasteiger partial charge in [0.15, 0.2) is 6.61 Å². The smallest absolute Gasteiger partial charge is 0.260 e. The lowest BCUT2D eigenvalue weighted by molar-refractivity contribution is -0.137. The largest absolute Gasteiger partial charge is 0.483 e. The Balaban J connectivity index is 1.96. The van der Waals surface area contributed by atoms with Gasteiger partial charge in [0, 0.05) is 17.6 Å². The van der Waals surface area contributed by atoms with E-state index in [1.807, 2.05) is 26.0 Å². The van der Waals surface area contributed by atoms with E-state index in [1.165, 1.54) is 0 Å². The highest BCUT2D eigenvalue weighted by atomic mass is 79.9. The molecule has 1 saturated heterocycles. The minimum absolute atomic E-state index is 0.0275. The first-order chi connectivity index (χ1) is 10.9. The second-order valence-corrected chi connectivity index (χ2v) is 6.76. The number of halogens is 1. The predicted octanol–water partition coefficient (Wildman–Crippen LogP) is 1.67. The van der Waals surface area contributed by atoms with Crippen molar-refractivity contribution >= 4 is 27.7 Å². The Morgan fingerprint density at radius 2 is 2.04 bits per heavy atom. The lowest BCUT2D eigenvalue weighted by Crippen LogP contribution is -2.48. The molecule has 7 heteroatoms. The molecule has 1 aliphatic heterocycles. The summed E-state index contributed by atoms with van der Waals surface area (Å²) in [7, 11) is 0. The number of amides is 2. The fourth-order valence-corrected chi connectivity index (χ4v) is 3.57. The minimum Gasteiger partial charge on any atom is -0.483 e. The second-order valence-electron chi connectivity index (χ2n) is 5.84. The van der Waals surface area contributed by atoms with Crippen LogP contribution in [0.15, 0.2) is 16.6 Å². The Morgan fingerprint density at radius 1 is 1.39 bits per heavy atom. The van der Waals surface area contributed by atoms with Gasteiger partial charge in [-0.1, -0.05) is 15.9 Å². The van der Waals surface area contributed by atoms with E-state index in [0.29, 0.717) is 13.1 Å². The van der Waals surface area contributed by atoms with E-state index in [9.17, 15) is 9.59 Å². The monoisotopic (exact) mass is 383 g/mol. The Labute approximate surface area is 144 Å². The molecule has 1 heterocycles. The van der Waals surface area contributed by atoms with Crippen LogP contribution in [-0.4, -0.2) is 36.4 Å². The van der Waals surface area contributed by atoms with Crippen LogP contribution >= 0.6 is 15.9 Å². The third kappa shape index (κ3) is 4.45. The topological polar surface area (TPSA) is 84.7 Å². The van der Waals surface area contributed by atoms with Crippen LogP contribution in [0.1, 0.15) is 24.0 Å². The molecule has 0 radical (unpaired) electrons. The first-order valence-electron chi connectivity index (χ1n) is 7.60. The number of nitrogens with two attached hydrogens (primary N) is 1. The van der Waals surface area contributed by atoms with Crippen LogP contribution in [0.2, 0.25) is 0 Å². The van der Waals surface area contributed by atoms with Crippen molar-refractivity contribution in [3.05, 3.63) is 27.7 Å². The number of piperidine rings is 1. The van der Waals surface area contributed by atoms with Crippen molar-refractivity contribution in [2.75, 3.05) is 19.7 Å². The Bertz CT molecular complexity index is 583. The molecule has 2 rings (SSSR count). The minimum atomic E-state index is -0.242. The van der Waals surface area contributed by atoms with E-state index >= 15 is 0 Å². The molecule has 1 atom stereocenters. The molecule has 1 aromatic carbocycles. The maximum atomic E-state index is 12.3. The first kappa shape index (κ1) is 17.7.